The lowest BCUT2D eigenvalue weighted by atomic mass is 9.53. The van der Waals surface area contributed by atoms with E-state index in [9.17, 15) is 5.11 Å². The van der Waals surface area contributed by atoms with Gasteiger partial charge in [-0.25, -0.2) is 0 Å². The summed E-state index contributed by atoms with van der Waals surface area (Å²) in [4.78, 5) is 0. The first-order valence-corrected chi connectivity index (χ1v) is 9.41. The van der Waals surface area contributed by atoms with Crippen LogP contribution in [-0.4, -0.2) is 17.8 Å². The molecule has 126 valence electrons. The molecule has 0 spiro atoms. The first-order valence-electron chi connectivity index (χ1n) is 9.41. The lowest BCUT2D eigenvalue weighted by Crippen LogP contribution is -2.50. The Bertz CT molecular complexity index is 610. The molecule has 3 aliphatic rings. The molecule has 0 radical (unpaired) electrons. The molecule has 0 heterocycles. The maximum Gasteiger partial charge on any atom is 0.119 e. The summed E-state index contributed by atoms with van der Waals surface area (Å²) in [7, 11) is 1.75. The molecule has 2 fully saturated rings. The molecule has 2 saturated carbocycles. The van der Waals surface area contributed by atoms with Gasteiger partial charge in [0.05, 0.1) is 12.7 Å². The summed E-state index contributed by atoms with van der Waals surface area (Å²) in [5, 5.41) is 11.2. The molecule has 0 amide bonds. The number of methoxy groups -OCH3 is 1. The summed E-state index contributed by atoms with van der Waals surface area (Å²) in [6.45, 7) is 4.55. The summed E-state index contributed by atoms with van der Waals surface area (Å²) in [6.07, 6.45) is 7.99. The number of ether oxygens (including phenoxy) is 1. The van der Waals surface area contributed by atoms with Gasteiger partial charge in [-0.1, -0.05) is 19.9 Å². The van der Waals surface area contributed by atoms with E-state index in [-0.39, 0.29) is 5.41 Å². The first kappa shape index (κ1) is 15.5. The van der Waals surface area contributed by atoms with Gasteiger partial charge in [-0.3, -0.25) is 0 Å². The number of hydrogen-bond acceptors (Lipinski definition) is 2. The van der Waals surface area contributed by atoms with Crippen LogP contribution in [0, 0.1) is 17.3 Å². The molecule has 3 aliphatic carbocycles. The minimum absolute atomic E-state index is 0.132. The Morgan fingerprint density at radius 3 is 2.78 bits per heavy atom. The van der Waals surface area contributed by atoms with Gasteiger partial charge in [0, 0.05) is 0 Å². The van der Waals surface area contributed by atoms with E-state index in [1.54, 1.807) is 12.7 Å². The number of rotatable bonds is 2. The van der Waals surface area contributed by atoms with Crippen molar-refractivity contribution >= 4 is 0 Å². The zero-order valence-corrected chi connectivity index (χ0v) is 14.8. The Labute approximate surface area is 140 Å². The van der Waals surface area contributed by atoms with E-state index in [2.05, 4.69) is 32.0 Å². The highest BCUT2D eigenvalue weighted by atomic mass is 16.5. The smallest absolute Gasteiger partial charge is 0.119 e. The van der Waals surface area contributed by atoms with Gasteiger partial charge >= 0.3 is 0 Å². The highest BCUT2D eigenvalue weighted by molar-refractivity contribution is 5.40. The van der Waals surface area contributed by atoms with Gasteiger partial charge in [0.25, 0.3) is 0 Å². The number of aryl methyl sites for hydroxylation is 1. The van der Waals surface area contributed by atoms with Crippen LogP contribution in [0.2, 0.25) is 0 Å². The van der Waals surface area contributed by atoms with Crippen molar-refractivity contribution in [3.63, 3.8) is 0 Å². The molecule has 2 heteroatoms. The van der Waals surface area contributed by atoms with Gasteiger partial charge in [-0.05, 0) is 91.4 Å². The quantitative estimate of drug-likeness (QED) is 0.858. The van der Waals surface area contributed by atoms with Crippen LogP contribution in [0.5, 0.6) is 5.75 Å². The second-order valence-electron chi connectivity index (χ2n) is 8.36. The lowest BCUT2D eigenvalue weighted by Gasteiger charge is -2.53. The van der Waals surface area contributed by atoms with Gasteiger partial charge in [-0.2, -0.15) is 0 Å². The fraction of sp³-hybridized carbons (Fsp3) is 0.714. The van der Waals surface area contributed by atoms with Crippen LogP contribution in [0.1, 0.15) is 69.4 Å². The van der Waals surface area contributed by atoms with Gasteiger partial charge in [0.15, 0.2) is 0 Å². The van der Waals surface area contributed by atoms with E-state index >= 15 is 0 Å². The van der Waals surface area contributed by atoms with Gasteiger partial charge in [0.1, 0.15) is 5.75 Å². The van der Waals surface area contributed by atoms with Crippen molar-refractivity contribution < 1.29 is 9.84 Å². The van der Waals surface area contributed by atoms with E-state index in [1.807, 2.05) is 0 Å². The predicted octanol–water partition coefficient (Wildman–Crippen LogP) is 4.69. The van der Waals surface area contributed by atoms with E-state index < -0.39 is 5.60 Å². The molecule has 1 aromatic carbocycles. The molecule has 0 aromatic heterocycles. The molecule has 0 saturated heterocycles. The SMILES string of the molecule is CC[C@]1(O)CC[C@H]2[C@@H]3CCc4cc(OC)ccc4[C@@H]3CC[C@@]21C. The Hall–Kier alpha value is -1.02. The molecular formula is C21H30O2. The molecule has 0 bridgehead atoms. The average Bonchev–Trinajstić information content (AvgIpc) is 2.86. The Balaban J connectivity index is 1.68. The van der Waals surface area contributed by atoms with Crippen molar-refractivity contribution in [3.05, 3.63) is 29.3 Å². The molecule has 1 aromatic rings. The zero-order valence-electron chi connectivity index (χ0n) is 14.8. The summed E-state index contributed by atoms with van der Waals surface area (Å²) < 4.78 is 5.41. The normalized spacial score (nSPS) is 41.8. The third-order valence-corrected chi connectivity index (χ3v) is 7.84. The fourth-order valence-electron chi connectivity index (χ4n) is 6.38. The van der Waals surface area contributed by atoms with Crippen LogP contribution in [0.3, 0.4) is 0 Å². The first-order chi connectivity index (χ1) is 11.0. The van der Waals surface area contributed by atoms with Crippen LogP contribution >= 0.6 is 0 Å². The minimum atomic E-state index is -0.428. The van der Waals surface area contributed by atoms with Crippen molar-refractivity contribution in [2.24, 2.45) is 17.3 Å². The molecular weight excluding hydrogens is 284 g/mol. The molecule has 0 unspecified atom stereocenters. The van der Waals surface area contributed by atoms with E-state index in [4.69, 9.17) is 4.74 Å². The molecule has 1 N–H and O–H groups in total. The summed E-state index contributed by atoms with van der Waals surface area (Å²) in [5.74, 6) is 3.14. The van der Waals surface area contributed by atoms with E-state index in [1.165, 1.54) is 37.7 Å². The standard InChI is InChI=1S/C21H30O2/c1-4-21(22)12-10-19-18-7-5-14-13-15(23-3)6-8-16(14)17(18)9-11-20(19,21)2/h6,8,13,17-19,22H,4-5,7,9-12H2,1-3H3/t17-,18+,19-,20-,21-/m0/s1. The maximum absolute atomic E-state index is 11.2. The van der Waals surface area contributed by atoms with E-state index in [0.717, 1.165) is 24.5 Å². The molecule has 4 rings (SSSR count). The number of fused-ring (bicyclic) bond motifs is 5. The Morgan fingerprint density at radius 2 is 2.04 bits per heavy atom. The predicted molar refractivity (Wildman–Crippen MR) is 92.9 cm³/mol. The van der Waals surface area contributed by atoms with E-state index in [0.29, 0.717) is 11.8 Å². The fourth-order valence-corrected chi connectivity index (χ4v) is 6.38. The summed E-state index contributed by atoms with van der Waals surface area (Å²) in [6, 6.07) is 6.69. The maximum atomic E-state index is 11.2. The number of aliphatic hydroxyl groups is 1. The van der Waals surface area contributed by atoms with Crippen molar-refractivity contribution in [3.8, 4) is 5.75 Å². The molecule has 23 heavy (non-hydrogen) atoms. The third kappa shape index (κ3) is 2.03. The van der Waals surface area contributed by atoms with Crippen molar-refractivity contribution in [2.45, 2.75) is 70.3 Å². The Morgan fingerprint density at radius 1 is 1.22 bits per heavy atom. The van der Waals surface area contributed by atoms with Gasteiger partial charge < -0.3 is 9.84 Å². The number of hydrogen-bond donors (Lipinski definition) is 1. The van der Waals surface area contributed by atoms with Crippen molar-refractivity contribution in [2.75, 3.05) is 7.11 Å². The van der Waals surface area contributed by atoms with Gasteiger partial charge in [-0.15, -0.1) is 0 Å². The topological polar surface area (TPSA) is 29.5 Å². The monoisotopic (exact) mass is 314 g/mol. The summed E-state index contributed by atoms with van der Waals surface area (Å²) >= 11 is 0. The average molecular weight is 314 g/mol. The third-order valence-electron chi connectivity index (χ3n) is 7.84. The Kier molecular flexibility index (Phi) is 3.53. The minimum Gasteiger partial charge on any atom is -0.497 e. The van der Waals surface area contributed by atoms with Crippen LogP contribution in [0.15, 0.2) is 18.2 Å². The second kappa shape index (κ2) is 5.24. The number of benzene rings is 1. The highest BCUT2D eigenvalue weighted by Crippen LogP contribution is 2.64. The van der Waals surface area contributed by atoms with Crippen LogP contribution < -0.4 is 4.74 Å². The van der Waals surface area contributed by atoms with Crippen LogP contribution in [0.25, 0.3) is 0 Å². The summed E-state index contributed by atoms with van der Waals surface area (Å²) in [5.41, 5.74) is 2.77. The largest absolute Gasteiger partial charge is 0.497 e. The molecule has 2 nitrogen and oxygen atoms in total. The van der Waals surface area contributed by atoms with Crippen LogP contribution in [0.4, 0.5) is 0 Å². The van der Waals surface area contributed by atoms with Crippen molar-refractivity contribution in [1.29, 1.82) is 0 Å². The molecule has 5 atom stereocenters. The lowest BCUT2D eigenvalue weighted by molar-refractivity contribution is -0.104. The van der Waals surface area contributed by atoms with Gasteiger partial charge in [0.2, 0.25) is 0 Å². The van der Waals surface area contributed by atoms with Crippen LogP contribution in [-0.2, 0) is 6.42 Å². The molecule has 0 aliphatic heterocycles. The highest BCUT2D eigenvalue weighted by Gasteiger charge is 2.60. The second-order valence-corrected chi connectivity index (χ2v) is 8.36. The van der Waals surface area contributed by atoms with Crippen molar-refractivity contribution in [1.82, 2.24) is 0 Å². The zero-order chi connectivity index (χ0) is 16.2.